The Morgan fingerprint density at radius 1 is 1.24 bits per heavy atom. The van der Waals surface area contributed by atoms with Crippen LogP contribution in [-0.4, -0.2) is 16.8 Å². The number of alkyl halides is 3. The van der Waals surface area contributed by atoms with Gasteiger partial charge >= 0.3 is 6.18 Å². The van der Waals surface area contributed by atoms with Gasteiger partial charge in [0.25, 0.3) is 0 Å². The fraction of sp³-hybridized carbons (Fsp3) is 0.391. The lowest BCUT2D eigenvalue weighted by Gasteiger charge is -2.15. The third-order valence-corrected chi connectivity index (χ3v) is 5.91. The summed E-state index contributed by atoms with van der Waals surface area (Å²) in [7, 11) is 0. The molecule has 0 saturated heterocycles. The molecule has 1 heterocycles. The molecule has 6 heteroatoms. The van der Waals surface area contributed by atoms with Crippen LogP contribution in [0.2, 0.25) is 0 Å². The molecule has 1 nitrogen and oxygen atoms in total. The molecule has 0 aliphatic carbocycles. The van der Waals surface area contributed by atoms with Crippen molar-refractivity contribution < 1.29 is 13.2 Å². The summed E-state index contributed by atoms with van der Waals surface area (Å²) in [5.74, 6) is 0. The number of thiocarbonyl (C=S) groups is 1. The summed E-state index contributed by atoms with van der Waals surface area (Å²) in [6.45, 7) is 7.95. The fourth-order valence-electron chi connectivity index (χ4n) is 3.43. The standard InChI is InChI=1S/C23H25BrF3NS/c1-5-7-21(29)19-11-9-16(13-28-22(19)23(25,26)27)15(4)18(6-2)20-12-17(24)10-8-14(20)3/h8,10-13H,5-7,9H2,1-4H3/b18-15-. The van der Waals surface area contributed by atoms with E-state index in [2.05, 4.69) is 33.9 Å². The van der Waals surface area contributed by atoms with Gasteiger partial charge in [0.15, 0.2) is 5.71 Å². The number of halogens is 4. The Hall–Kier alpha value is -1.53. The maximum atomic E-state index is 13.6. The van der Waals surface area contributed by atoms with Crippen molar-refractivity contribution in [3.63, 3.8) is 0 Å². The van der Waals surface area contributed by atoms with Crippen LogP contribution in [0, 0.1) is 6.92 Å². The Morgan fingerprint density at radius 3 is 2.52 bits per heavy atom. The molecule has 0 bridgehead atoms. The average molecular weight is 484 g/mol. The van der Waals surface area contributed by atoms with Gasteiger partial charge in [-0.2, -0.15) is 13.2 Å². The molecule has 0 aromatic heterocycles. The molecule has 1 aliphatic rings. The second-order valence-electron chi connectivity index (χ2n) is 7.04. The first-order valence-corrected chi connectivity index (χ1v) is 10.8. The molecule has 0 saturated carbocycles. The lowest BCUT2D eigenvalue weighted by Crippen LogP contribution is -2.27. The molecule has 29 heavy (non-hydrogen) atoms. The van der Waals surface area contributed by atoms with Gasteiger partial charge < -0.3 is 0 Å². The Morgan fingerprint density at radius 2 is 1.93 bits per heavy atom. The minimum absolute atomic E-state index is 0.0464. The first kappa shape index (κ1) is 23.7. The first-order valence-electron chi connectivity index (χ1n) is 9.64. The van der Waals surface area contributed by atoms with E-state index in [1.54, 1.807) is 6.08 Å². The molecule has 1 aliphatic heterocycles. The molecule has 0 atom stereocenters. The van der Waals surface area contributed by atoms with Gasteiger partial charge in [0, 0.05) is 21.1 Å². The van der Waals surface area contributed by atoms with Crippen LogP contribution in [0.15, 0.2) is 56.7 Å². The predicted octanol–water partition coefficient (Wildman–Crippen LogP) is 8.33. The summed E-state index contributed by atoms with van der Waals surface area (Å²) in [4.78, 5) is 4.18. The topological polar surface area (TPSA) is 12.4 Å². The Labute approximate surface area is 184 Å². The molecule has 2 rings (SSSR count). The Balaban J connectivity index is 2.58. The van der Waals surface area contributed by atoms with E-state index in [-0.39, 0.29) is 5.57 Å². The zero-order valence-corrected chi connectivity index (χ0v) is 19.5. The summed E-state index contributed by atoms with van der Waals surface area (Å²) in [5, 5.41) is 0. The number of aryl methyl sites for hydroxylation is 1. The van der Waals surface area contributed by atoms with Crippen LogP contribution in [0.1, 0.15) is 57.6 Å². The van der Waals surface area contributed by atoms with Crippen LogP contribution in [0.5, 0.6) is 0 Å². The second kappa shape index (κ2) is 9.98. The first-order chi connectivity index (χ1) is 13.6. The molecule has 0 spiro atoms. The van der Waals surface area contributed by atoms with Gasteiger partial charge in [-0.3, -0.25) is 4.99 Å². The van der Waals surface area contributed by atoms with Gasteiger partial charge in [0.05, 0.1) is 0 Å². The van der Waals surface area contributed by atoms with Crippen LogP contribution < -0.4 is 0 Å². The minimum Gasteiger partial charge on any atom is -0.251 e. The molecule has 0 fully saturated rings. The molecule has 1 aromatic rings. The van der Waals surface area contributed by atoms with Gasteiger partial charge in [-0.1, -0.05) is 60.6 Å². The van der Waals surface area contributed by atoms with Crippen LogP contribution in [0.4, 0.5) is 13.2 Å². The van der Waals surface area contributed by atoms with Gasteiger partial charge in [-0.05, 0) is 73.1 Å². The maximum Gasteiger partial charge on any atom is 0.433 e. The van der Waals surface area contributed by atoms with Gasteiger partial charge in [-0.15, -0.1) is 0 Å². The number of benzene rings is 1. The van der Waals surface area contributed by atoms with Crippen molar-refractivity contribution in [3.05, 3.63) is 62.8 Å². The predicted molar refractivity (Wildman–Crippen MR) is 124 cm³/mol. The largest absolute Gasteiger partial charge is 0.433 e. The second-order valence-corrected chi connectivity index (χ2v) is 8.45. The number of hydrogen-bond donors (Lipinski definition) is 0. The third-order valence-electron chi connectivity index (χ3n) is 4.99. The van der Waals surface area contributed by atoms with Crippen molar-refractivity contribution in [2.75, 3.05) is 0 Å². The Bertz CT molecular complexity index is 921. The zero-order chi connectivity index (χ0) is 21.8. The number of nitrogens with zero attached hydrogens (tertiary/aromatic N) is 1. The van der Waals surface area contributed by atoms with Crippen molar-refractivity contribution in [2.24, 2.45) is 4.99 Å². The summed E-state index contributed by atoms with van der Waals surface area (Å²) >= 11 is 8.79. The molecule has 0 unspecified atom stereocenters. The van der Waals surface area contributed by atoms with Crippen LogP contribution in [-0.2, 0) is 0 Å². The van der Waals surface area contributed by atoms with Gasteiger partial charge in [0.2, 0.25) is 0 Å². The van der Waals surface area contributed by atoms with E-state index >= 15 is 0 Å². The van der Waals surface area contributed by atoms with Crippen molar-refractivity contribution in [1.82, 2.24) is 0 Å². The normalized spacial score (nSPS) is 15.8. The summed E-state index contributed by atoms with van der Waals surface area (Å²) in [6, 6.07) is 6.07. The average Bonchev–Trinajstić information content (AvgIpc) is 2.88. The van der Waals surface area contributed by atoms with Crippen LogP contribution >= 0.6 is 28.1 Å². The quantitative estimate of drug-likeness (QED) is 0.370. The maximum absolute atomic E-state index is 13.6. The molecule has 0 radical (unpaired) electrons. The summed E-state index contributed by atoms with van der Waals surface area (Å²) in [5.41, 5.74) is 4.20. The molecule has 0 amide bonds. The monoisotopic (exact) mass is 483 g/mol. The lowest BCUT2D eigenvalue weighted by atomic mass is 9.90. The minimum atomic E-state index is -4.54. The zero-order valence-electron chi connectivity index (χ0n) is 17.1. The Kier molecular flexibility index (Phi) is 8.18. The smallest absolute Gasteiger partial charge is 0.251 e. The summed E-state index contributed by atoms with van der Waals surface area (Å²) in [6.07, 6.45) is 0.681. The molecule has 156 valence electrons. The number of allylic oxidation sites excluding steroid dienone is 5. The third kappa shape index (κ3) is 5.76. The van der Waals surface area contributed by atoms with Gasteiger partial charge in [-0.25, -0.2) is 0 Å². The SMILES string of the molecule is CCCC(=S)C1=CCC(/C(C)=C(/CC)c2cc(Br)ccc2C)=CN=C1C(F)(F)F. The fourth-order valence-corrected chi connectivity index (χ4v) is 4.17. The molecular formula is C23H25BrF3NS. The van der Waals surface area contributed by atoms with E-state index in [1.807, 2.05) is 32.9 Å². The molecular weight excluding hydrogens is 459 g/mol. The van der Waals surface area contributed by atoms with Crippen molar-refractivity contribution in [2.45, 2.75) is 59.6 Å². The number of aliphatic imine (C=N–C) groups is 1. The molecule has 0 N–H and O–H groups in total. The molecule has 1 aromatic carbocycles. The number of rotatable bonds is 6. The van der Waals surface area contributed by atoms with E-state index in [9.17, 15) is 13.2 Å². The van der Waals surface area contributed by atoms with Crippen molar-refractivity contribution in [1.29, 1.82) is 0 Å². The van der Waals surface area contributed by atoms with E-state index in [0.717, 1.165) is 38.7 Å². The lowest BCUT2D eigenvalue weighted by molar-refractivity contribution is -0.0579. The van der Waals surface area contributed by atoms with Crippen molar-refractivity contribution in [3.8, 4) is 0 Å². The highest BCUT2D eigenvalue weighted by molar-refractivity contribution is 9.10. The van der Waals surface area contributed by atoms with Gasteiger partial charge in [0.1, 0.15) is 0 Å². The van der Waals surface area contributed by atoms with E-state index in [0.29, 0.717) is 24.1 Å². The highest BCUT2D eigenvalue weighted by Gasteiger charge is 2.39. The highest BCUT2D eigenvalue weighted by atomic mass is 79.9. The van der Waals surface area contributed by atoms with E-state index in [4.69, 9.17) is 12.2 Å². The van der Waals surface area contributed by atoms with E-state index < -0.39 is 11.9 Å². The highest BCUT2D eigenvalue weighted by Crippen LogP contribution is 2.34. The van der Waals surface area contributed by atoms with Crippen LogP contribution in [0.3, 0.4) is 0 Å². The number of hydrogen-bond acceptors (Lipinski definition) is 2. The van der Waals surface area contributed by atoms with E-state index in [1.165, 1.54) is 6.20 Å². The van der Waals surface area contributed by atoms with Crippen LogP contribution in [0.25, 0.3) is 5.57 Å². The van der Waals surface area contributed by atoms with Crippen molar-refractivity contribution >= 4 is 44.3 Å². The summed E-state index contributed by atoms with van der Waals surface area (Å²) < 4.78 is 41.8.